The number of ketones is 1. The Kier molecular flexibility index (Phi) is 10.4. The highest BCUT2D eigenvalue weighted by molar-refractivity contribution is 8.00. The molecule has 1 unspecified atom stereocenters. The molecule has 4 aromatic rings. The van der Waals surface area contributed by atoms with Crippen LogP contribution in [0.3, 0.4) is 0 Å². The number of hydrogen-bond acceptors (Lipinski definition) is 11. The number of anilines is 1. The summed E-state index contributed by atoms with van der Waals surface area (Å²) < 4.78 is 62.8. The van der Waals surface area contributed by atoms with E-state index in [-0.39, 0.29) is 34.0 Å². The van der Waals surface area contributed by atoms with Gasteiger partial charge in [-0.15, -0.1) is 0 Å². The second kappa shape index (κ2) is 14.7. The van der Waals surface area contributed by atoms with Crippen LogP contribution in [0.2, 0.25) is 0 Å². The van der Waals surface area contributed by atoms with Crippen molar-refractivity contribution in [1.29, 1.82) is 5.26 Å². The number of thioether (sulfide) groups is 1. The Morgan fingerprint density at radius 1 is 0.920 bits per heavy atom. The van der Waals surface area contributed by atoms with Crippen LogP contribution in [0.5, 0.6) is 17.2 Å². The zero-order valence-electron chi connectivity index (χ0n) is 26.6. The minimum Gasteiger partial charge on any atom is -0.497 e. The van der Waals surface area contributed by atoms with Crippen molar-refractivity contribution in [2.45, 2.75) is 22.9 Å². The number of ether oxygens (including phenoxy) is 4. The van der Waals surface area contributed by atoms with Gasteiger partial charge in [0.25, 0.3) is 0 Å². The van der Waals surface area contributed by atoms with Gasteiger partial charge in [-0.25, -0.2) is 14.7 Å². The van der Waals surface area contributed by atoms with E-state index in [0.29, 0.717) is 34.6 Å². The van der Waals surface area contributed by atoms with E-state index in [0.717, 1.165) is 11.0 Å². The molecule has 1 saturated heterocycles. The van der Waals surface area contributed by atoms with Crippen LogP contribution in [0.4, 0.5) is 18.9 Å². The Morgan fingerprint density at radius 2 is 1.58 bits per heavy atom. The van der Waals surface area contributed by atoms with Gasteiger partial charge in [0, 0.05) is 17.5 Å². The van der Waals surface area contributed by atoms with Gasteiger partial charge in [0.15, 0.2) is 23.9 Å². The number of imide groups is 1. The lowest BCUT2D eigenvalue weighted by molar-refractivity contribution is -0.138. The molecule has 2 heterocycles. The molecule has 0 aliphatic carbocycles. The summed E-state index contributed by atoms with van der Waals surface area (Å²) in [7, 11) is 4.30. The highest BCUT2D eigenvalue weighted by Crippen LogP contribution is 2.41. The van der Waals surface area contributed by atoms with E-state index in [1.165, 1.54) is 88.1 Å². The number of hydrogen-bond donors (Lipinski definition) is 0. The molecular formula is C35H26F3N3O8S. The van der Waals surface area contributed by atoms with Crippen LogP contribution >= 0.6 is 11.8 Å². The van der Waals surface area contributed by atoms with E-state index < -0.39 is 52.7 Å². The maximum absolute atomic E-state index is 14.1. The third kappa shape index (κ3) is 7.40. The first-order valence-electron chi connectivity index (χ1n) is 14.6. The molecular weight excluding hydrogens is 679 g/mol. The second-order valence-corrected chi connectivity index (χ2v) is 11.8. The molecule has 0 N–H and O–H groups in total. The van der Waals surface area contributed by atoms with Crippen molar-refractivity contribution < 1.29 is 51.3 Å². The van der Waals surface area contributed by atoms with E-state index >= 15 is 0 Å². The zero-order valence-corrected chi connectivity index (χ0v) is 27.4. The summed E-state index contributed by atoms with van der Waals surface area (Å²) in [6.45, 7) is -0.577. The third-order valence-corrected chi connectivity index (χ3v) is 8.72. The second-order valence-electron chi connectivity index (χ2n) is 10.6. The highest BCUT2D eigenvalue weighted by atomic mass is 32.2. The molecule has 1 atom stereocenters. The molecule has 15 heteroatoms. The van der Waals surface area contributed by atoms with E-state index in [2.05, 4.69) is 4.98 Å². The summed E-state index contributed by atoms with van der Waals surface area (Å²) in [6.07, 6.45) is -5.29. The van der Waals surface area contributed by atoms with Crippen molar-refractivity contribution in [3.05, 3.63) is 95.1 Å². The van der Waals surface area contributed by atoms with Gasteiger partial charge >= 0.3 is 12.1 Å². The molecule has 1 aliphatic rings. The summed E-state index contributed by atoms with van der Waals surface area (Å²) in [6, 6.07) is 18.1. The average Bonchev–Trinajstić information content (AvgIpc) is 3.40. The molecule has 0 saturated carbocycles. The van der Waals surface area contributed by atoms with Gasteiger partial charge in [0.2, 0.25) is 11.8 Å². The predicted octanol–water partition coefficient (Wildman–Crippen LogP) is 6.13. The van der Waals surface area contributed by atoms with Gasteiger partial charge in [-0.2, -0.15) is 18.4 Å². The molecule has 256 valence electrons. The Labute approximate surface area is 287 Å². The van der Waals surface area contributed by atoms with Gasteiger partial charge in [-0.05, 0) is 72.8 Å². The van der Waals surface area contributed by atoms with Gasteiger partial charge in [-0.1, -0.05) is 11.8 Å². The summed E-state index contributed by atoms with van der Waals surface area (Å²) in [5, 5.41) is 8.15. The van der Waals surface area contributed by atoms with E-state index in [1.807, 2.05) is 0 Å². The quantitative estimate of drug-likeness (QED) is 0.101. The fourth-order valence-corrected chi connectivity index (χ4v) is 6.13. The first-order valence-corrected chi connectivity index (χ1v) is 15.5. The van der Waals surface area contributed by atoms with Crippen LogP contribution in [0.15, 0.2) is 77.8 Å². The number of carbonyl (C=O) groups is 4. The summed E-state index contributed by atoms with van der Waals surface area (Å²) >= 11 is 0.588. The Morgan fingerprint density at radius 3 is 2.18 bits per heavy atom. The van der Waals surface area contributed by atoms with Crippen molar-refractivity contribution in [2.75, 3.05) is 32.8 Å². The van der Waals surface area contributed by atoms with Gasteiger partial charge < -0.3 is 18.9 Å². The van der Waals surface area contributed by atoms with Crippen molar-refractivity contribution in [1.82, 2.24) is 4.98 Å². The molecule has 2 amide bonds. The molecule has 1 fully saturated rings. The number of pyridine rings is 1. The zero-order chi connectivity index (χ0) is 36.2. The number of benzene rings is 3. The maximum atomic E-state index is 14.1. The van der Waals surface area contributed by atoms with Gasteiger partial charge in [-0.3, -0.25) is 14.4 Å². The number of amides is 2. The largest absolute Gasteiger partial charge is 0.497 e. The summed E-state index contributed by atoms with van der Waals surface area (Å²) in [5.74, 6) is -1.53. The van der Waals surface area contributed by atoms with Crippen LogP contribution < -0.4 is 19.1 Å². The van der Waals surface area contributed by atoms with Crippen LogP contribution in [0.25, 0.3) is 11.3 Å². The van der Waals surface area contributed by atoms with Crippen molar-refractivity contribution in [2.24, 2.45) is 0 Å². The molecule has 0 bridgehead atoms. The lowest BCUT2D eigenvalue weighted by Crippen LogP contribution is -2.31. The Bertz CT molecular complexity index is 2010. The van der Waals surface area contributed by atoms with E-state index in [9.17, 15) is 37.6 Å². The normalized spacial score (nSPS) is 14.3. The van der Waals surface area contributed by atoms with Gasteiger partial charge in [0.1, 0.15) is 16.8 Å². The molecule has 1 aromatic heterocycles. The van der Waals surface area contributed by atoms with Crippen LogP contribution in [0, 0.1) is 11.3 Å². The highest BCUT2D eigenvalue weighted by Gasteiger charge is 2.42. The molecule has 1 aliphatic heterocycles. The standard InChI is InChI=1S/C35H26F3N3O8S/c1-46-23-11-6-19(7-12-23)26-15-25(35(36,37)38)24(17-39)32(40-26)50-30-16-31(43)41(33(30)44)22-9-4-20(5-10-22)34(45)49-18-27(42)21-8-13-28(47-2)29(14-21)48-3/h4-15,30H,16,18H2,1-3H3. The van der Waals surface area contributed by atoms with Crippen molar-refractivity contribution in [3.63, 3.8) is 0 Å². The maximum Gasteiger partial charge on any atom is 0.417 e. The molecule has 5 rings (SSSR count). The smallest absolute Gasteiger partial charge is 0.417 e. The molecule has 0 radical (unpaired) electrons. The monoisotopic (exact) mass is 705 g/mol. The average molecular weight is 706 g/mol. The number of halogens is 3. The number of Topliss-reactive ketones (excluding diaryl/α,β-unsaturated/α-hetero) is 1. The number of esters is 1. The number of nitriles is 1. The lowest BCUT2D eigenvalue weighted by Gasteiger charge is -2.17. The third-order valence-electron chi connectivity index (χ3n) is 7.55. The van der Waals surface area contributed by atoms with E-state index in [1.54, 1.807) is 6.07 Å². The number of aromatic nitrogens is 1. The molecule has 0 spiro atoms. The lowest BCUT2D eigenvalue weighted by atomic mass is 10.1. The van der Waals surface area contributed by atoms with Crippen LogP contribution in [0.1, 0.15) is 38.3 Å². The SMILES string of the molecule is COc1ccc(-c2cc(C(F)(F)F)c(C#N)c(SC3CC(=O)N(c4ccc(C(=O)OCC(=O)c5ccc(OC)c(OC)c5)cc4)C3=O)n2)cc1. The van der Waals surface area contributed by atoms with Crippen molar-refractivity contribution in [3.8, 4) is 34.6 Å². The molecule has 11 nitrogen and oxygen atoms in total. The predicted molar refractivity (Wildman–Crippen MR) is 173 cm³/mol. The number of rotatable bonds is 11. The Hall–Kier alpha value is -5.88. The minimum absolute atomic E-state index is 0.0248. The van der Waals surface area contributed by atoms with E-state index in [4.69, 9.17) is 18.9 Å². The first-order chi connectivity index (χ1) is 23.9. The van der Waals surface area contributed by atoms with Gasteiger partial charge in [0.05, 0.1) is 54.7 Å². The Balaban J connectivity index is 1.31. The first kappa shape index (κ1) is 35.4. The topological polar surface area (TPSA) is 145 Å². The minimum atomic E-state index is -4.91. The number of nitrogens with zero attached hydrogens (tertiary/aromatic N) is 3. The number of methoxy groups -OCH3 is 3. The summed E-state index contributed by atoms with van der Waals surface area (Å²) in [4.78, 5) is 56.8. The van der Waals surface area contributed by atoms with Crippen LogP contribution in [-0.2, 0) is 20.5 Å². The number of carbonyl (C=O) groups excluding carboxylic acids is 4. The van der Waals surface area contributed by atoms with Crippen LogP contribution in [-0.4, -0.2) is 61.7 Å². The fraction of sp³-hybridized carbons (Fsp3) is 0.200. The summed E-state index contributed by atoms with van der Waals surface area (Å²) in [5.41, 5.74) is -1.45. The molecule has 50 heavy (non-hydrogen) atoms. The molecule has 3 aromatic carbocycles. The van der Waals surface area contributed by atoms with Crippen molar-refractivity contribution >= 4 is 41.0 Å². The fourth-order valence-electron chi connectivity index (χ4n) is 5.00. The number of alkyl halides is 3.